The van der Waals surface area contributed by atoms with Crippen molar-refractivity contribution in [1.82, 2.24) is 4.98 Å². The Kier molecular flexibility index (Phi) is 6.29. The molecular formula is C22H23N3O3S. The molecule has 0 radical (unpaired) electrons. The number of ether oxygens (including phenoxy) is 1. The minimum atomic E-state index is -0.213. The molecule has 0 atom stereocenters. The van der Waals surface area contributed by atoms with Crippen molar-refractivity contribution < 1.29 is 14.3 Å². The maximum absolute atomic E-state index is 12.7. The van der Waals surface area contributed by atoms with Gasteiger partial charge in [0.1, 0.15) is 5.75 Å². The number of aryl methyl sites for hydroxylation is 2. The zero-order chi connectivity index (χ0) is 21.0. The largest absolute Gasteiger partial charge is 0.495 e. The van der Waals surface area contributed by atoms with Crippen LogP contribution in [-0.2, 0) is 16.0 Å². The number of nitrogens with zero attached hydrogens (tertiary/aromatic N) is 1. The molecule has 0 aliphatic rings. The fourth-order valence-electron chi connectivity index (χ4n) is 2.95. The first-order valence-corrected chi connectivity index (χ1v) is 9.96. The number of methoxy groups -OCH3 is 1. The summed E-state index contributed by atoms with van der Waals surface area (Å²) in [6.45, 7) is 5.39. The standard InChI is InChI=1S/C22H23N3O3S/c1-13-5-7-16(8-6-13)22-20(29-15(3)24-22)12-21(27)25-17-9-10-19(28-4)18(11-17)23-14(2)26/h5-11H,12H2,1-4H3,(H,23,26)(H,25,27). The van der Waals surface area contributed by atoms with E-state index in [9.17, 15) is 9.59 Å². The minimum absolute atomic E-state index is 0.152. The lowest BCUT2D eigenvalue weighted by Crippen LogP contribution is -2.15. The summed E-state index contributed by atoms with van der Waals surface area (Å²) in [6, 6.07) is 13.2. The van der Waals surface area contributed by atoms with Crippen molar-refractivity contribution >= 4 is 34.5 Å². The summed E-state index contributed by atoms with van der Waals surface area (Å²) in [4.78, 5) is 29.6. The molecule has 0 unspecified atom stereocenters. The molecule has 0 spiro atoms. The normalized spacial score (nSPS) is 10.5. The van der Waals surface area contributed by atoms with Crippen LogP contribution in [0.25, 0.3) is 11.3 Å². The Bertz CT molecular complexity index is 1040. The molecule has 6 nitrogen and oxygen atoms in total. The molecule has 0 saturated carbocycles. The highest BCUT2D eigenvalue weighted by atomic mass is 32.1. The summed E-state index contributed by atoms with van der Waals surface area (Å²) in [6.07, 6.45) is 0.218. The molecule has 2 N–H and O–H groups in total. The average Bonchev–Trinajstić information content (AvgIpc) is 3.02. The topological polar surface area (TPSA) is 80.3 Å². The van der Waals surface area contributed by atoms with E-state index < -0.39 is 0 Å². The lowest BCUT2D eigenvalue weighted by atomic mass is 10.1. The van der Waals surface area contributed by atoms with Gasteiger partial charge in [0, 0.05) is 23.1 Å². The van der Waals surface area contributed by atoms with E-state index in [0.717, 1.165) is 21.1 Å². The van der Waals surface area contributed by atoms with Crippen LogP contribution >= 0.6 is 11.3 Å². The van der Waals surface area contributed by atoms with Gasteiger partial charge in [0.05, 0.1) is 29.9 Å². The Morgan fingerprint density at radius 3 is 2.45 bits per heavy atom. The molecule has 0 aliphatic carbocycles. The summed E-state index contributed by atoms with van der Waals surface area (Å²) in [5, 5.41) is 6.51. The number of thiazole rings is 1. The summed E-state index contributed by atoms with van der Waals surface area (Å²) >= 11 is 1.52. The Labute approximate surface area is 173 Å². The quantitative estimate of drug-likeness (QED) is 0.625. The molecule has 0 fully saturated rings. The highest BCUT2D eigenvalue weighted by molar-refractivity contribution is 7.12. The Balaban J connectivity index is 1.78. The lowest BCUT2D eigenvalue weighted by molar-refractivity contribution is -0.115. The third-order valence-electron chi connectivity index (χ3n) is 4.24. The van der Waals surface area contributed by atoms with Gasteiger partial charge in [0.2, 0.25) is 11.8 Å². The molecule has 3 rings (SSSR count). The lowest BCUT2D eigenvalue weighted by Gasteiger charge is -2.12. The van der Waals surface area contributed by atoms with Gasteiger partial charge in [-0.2, -0.15) is 0 Å². The number of nitrogens with one attached hydrogen (secondary N) is 2. The molecule has 1 aromatic heterocycles. The number of benzene rings is 2. The average molecular weight is 410 g/mol. The Hall–Kier alpha value is -3.19. The van der Waals surface area contributed by atoms with E-state index in [1.807, 2.05) is 38.1 Å². The second kappa shape index (κ2) is 8.87. The zero-order valence-electron chi connectivity index (χ0n) is 16.8. The summed E-state index contributed by atoms with van der Waals surface area (Å²) < 4.78 is 5.24. The van der Waals surface area contributed by atoms with Gasteiger partial charge in [-0.3, -0.25) is 9.59 Å². The van der Waals surface area contributed by atoms with Crippen molar-refractivity contribution in [2.75, 3.05) is 17.7 Å². The van der Waals surface area contributed by atoms with Gasteiger partial charge in [0.15, 0.2) is 0 Å². The second-order valence-electron chi connectivity index (χ2n) is 6.69. The summed E-state index contributed by atoms with van der Waals surface area (Å²) in [7, 11) is 1.53. The molecule has 2 amide bonds. The maximum Gasteiger partial charge on any atom is 0.229 e. The molecule has 0 saturated heterocycles. The van der Waals surface area contributed by atoms with Crippen LogP contribution in [0.15, 0.2) is 42.5 Å². The van der Waals surface area contributed by atoms with Gasteiger partial charge in [0.25, 0.3) is 0 Å². The first-order valence-electron chi connectivity index (χ1n) is 9.14. The summed E-state index contributed by atoms with van der Waals surface area (Å²) in [5.74, 6) is 0.161. The molecule has 2 aromatic carbocycles. The number of carbonyl (C=O) groups excluding carboxylic acids is 2. The smallest absolute Gasteiger partial charge is 0.229 e. The fourth-order valence-corrected chi connectivity index (χ4v) is 3.91. The molecule has 3 aromatic rings. The maximum atomic E-state index is 12.7. The van der Waals surface area contributed by atoms with Crippen LogP contribution in [0.4, 0.5) is 11.4 Å². The monoisotopic (exact) mass is 409 g/mol. The highest BCUT2D eigenvalue weighted by Gasteiger charge is 2.16. The van der Waals surface area contributed by atoms with E-state index in [0.29, 0.717) is 17.1 Å². The number of anilines is 2. The molecule has 1 heterocycles. The third kappa shape index (κ3) is 5.20. The first-order chi connectivity index (χ1) is 13.9. The van der Waals surface area contributed by atoms with Crippen LogP contribution < -0.4 is 15.4 Å². The molecular weight excluding hydrogens is 386 g/mol. The van der Waals surface area contributed by atoms with E-state index in [2.05, 4.69) is 15.6 Å². The fraction of sp³-hybridized carbons (Fsp3) is 0.227. The number of rotatable bonds is 6. The molecule has 150 valence electrons. The van der Waals surface area contributed by atoms with Crippen molar-refractivity contribution in [3.05, 3.63) is 57.9 Å². The van der Waals surface area contributed by atoms with E-state index in [4.69, 9.17) is 4.74 Å². The number of amides is 2. The first kappa shape index (κ1) is 20.5. The van der Waals surface area contributed by atoms with Crippen LogP contribution in [0.3, 0.4) is 0 Å². The van der Waals surface area contributed by atoms with Crippen molar-refractivity contribution in [3.8, 4) is 17.0 Å². The van der Waals surface area contributed by atoms with E-state index >= 15 is 0 Å². The predicted octanol–water partition coefficient (Wildman–Crippen LogP) is 4.58. The molecule has 0 aliphatic heterocycles. The SMILES string of the molecule is COc1ccc(NC(=O)Cc2sc(C)nc2-c2ccc(C)cc2)cc1NC(C)=O. The van der Waals surface area contributed by atoms with E-state index in [-0.39, 0.29) is 18.2 Å². The Morgan fingerprint density at radius 1 is 1.07 bits per heavy atom. The predicted molar refractivity (Wildman–Crippen MR) is 117 cm³/mol. The van der Waals surface area contributed by atoms with E-state index in [1.54, 1.807) is 18.2 Å². The van der Waals surface area contributed by atoms with Crippen molar-refractivity contribution in [2.45, 2.75) is 27.2 Å². The molecule has 29 heavy (non-hydrogen) atoms. The van der Waals surface area contributed by atoms with Crippen LogP contribution in [0.1, 0.15) is 22.4 Å². The third-order valence-corrected chi connectivity index (χ3v) is 5.22. The highest BCUT2D eigenvalue weighted by Crippen LogP contribution is 2.30. The van der Waals surface area contributed by atoms with Crippen molar-refractivity contribution in [2.24, 2.45) is 0 Å². The number of hydrogen-bond acceptors (Lipinski definition) is 5. The van der Waals surface area contributed by atoms with Crippen LogP contribution in [-0.4, -0.2) is 23.9 Å². The van der Waals surface area contributed by atoms with E-state index in [1.165, 1.54) is 30.9 Å². The van der Waals surface area contributed by atoms with Gasteiger partial charge >= 0.3 is 0 Å². The zero-order valence-corrected chi connectivity index (χ0v) is 17.6. The molecule has 7 heteroatoms. The van der Waals surface area contributed by atoms with Crippen LogP contribution in [0.5, 0.6) is 5.75 Å². The van der Waals surface area contributed by atoms with Gasteiger partial charge in [-0.1, -0.05) is 29.8 Å². The second-order valence-corrected chi connectivity index (χ2v) is 7.98. The summed E-state index contributed by atoms with van der Waals surface area (Å²) in [5.41, 5.74) is 4.11. The minimum Gasteiger partial charge on any atom is -0.495 e. The van der Waals surface area contributed by atoms with Gasteiger partial charge in [-0.05, 0) is 32.0 Å². The van der Waals surface area contributed by atoms with Crippen LogP contribution in [0.2, 0.25) is 0 Å². The van der Waals surface area contributed by atoms with Gasteiger partial charge < -0.3 is 15.4 Å². The Morgan fingerprint density at radius 2 is 1.79 bits per heavy atom. The van der Waals surface area contributed by atoms with Crippen LogP contribution in [0, 0.1) is 13.8 Å². The number of carbonyl (C=O) groups is 2. The molecule has 0 bridgehead atoms. The van der Waals surface area contributed by atoms with Gasteiger partial charge in [-0.15, -0.1) is 11.3 Å². The number of aromatic nitrogens is 1. The van der Waals surface area contributed by atoms with Gasteiger partial charge in [-0.25, -0.2) is 4.98 Å². The van der Waals surface area contributed by atoms with Crippen molar-refractivity contribution in [1.29, 1.82) is 0 Å². The van der Waals surface area contributed by atoms with Crippen molar-refractivity contribution in [3.63, 3.8) is 0 Å². The number of hydrogen-bond donors (Lipinski definition) is 2.